The fourth-order valence-electron chi connectivity index (χ4n) is 4.37. The summed E-state index contributed by atoms with van der Waals surface area (Å²) in [6.45, 7) is 18.4. The van der Waals surface area contributed by atoms with E-state index in [0.29, 0.717) is 21.4 Å². The molecule has 0 aliphatic carbocycles. The van der Waals surface area contributed by atoms with Gasteiger partial charge in [0.05, 0.1) is 22.3 Å². The number of pyridine rings is 2. The molecule has 11 nitrogen and oxygen atoms in total. The predicted octanol–water partition coefficient (Wildman–Crippen LogP) is 4.29. The Hall–Kier alpha value is -1.93. The highest BCUT2D eigenvalue weighted by Crippen LogP contribution is 2.28. The molecule has 2 aromatic rings. The van der Waals surface area contributed by atoms with Crippen LogP contribution in [0.5, 0.6) is 0 Å². The lowest BCUT2D eigenvalue weighted by Gasteiger charge is -2.36. The van der Waals surface area contributed by atoms with Crippen LogP contribution in [-0.4, -0.2) is 124 Å². The highest BCUT2D eigenvalue weighted by atomic mass is 35.5. The number of aliphatic hydroxyl groups is 3. The molecule has 15 heteroatoms. The summed E-state index contributed by atoms with van der Waals surface area (Å²) in [6.07, 6.45) is 4.08. The van der Waals surface area contributed by atoms with Gasteiger partial charge in [-0.15, -0.1) is 0 Å². The van der Waals surface area contributed by atoms with Crippen molar-refractivity contribution in [3.05, 3.63) is 52.3 Å². The van der Waals surface area contributed by atoms with E-state index >= 15 is 0 Å². The van der Waals surface area contributed by atoms with Crippen LogP contribution in [0.1, 0.15) is 60.3 Å². The van der Waals surface area contributed by atoms with Gasteiger partial charge in [-0.25, -0.2) is 9.97 Å². The molecule has 262 valence electrons. The Balaban J connectivity index is 0. The third-order valence-corrected chi connectivity index (χ3v) is 7.32. The van der Waals surface area contributed by atoms with Gasteiger partial charge in [-0.2, -0.15) is 0 Å². The first-order valence-corrected chi connectivity index (χ1v) is 15.2. The van der Waals surface area contributed by atoms with Gasteiger partial charge in [-0.05, 0) is 52.1 Å². The van der Waals surface area contributed by atoms with Gasteiger partial charge < -0.3 is 44.8 Å². The Kier molecular flexibility index (Phi) is 21.9. The highest BCUT2D eigenvalue weighted by molar-refractivity contribution is 6.45. The Morgan fingerprint density at radius 3 is 1.50 bits per heavy atom. The molecule has 46 heavy (non-hydrogen) atoms. The van der Waals surface area contributed by atoms with Gasteiger partial charge in [-0.1, -0.05) is 58.1 Å². The Labute approximate surface area is 288 Å². The topological polar surface area (TPSA) is 140 Å². The van der Waals surface area contributed by atoms with E-state index in [1.165, 1.54) is 6.20 Å². The summed E-state index contributed by atoms with van der Waals surface area (Å²) in [6, 6.07) is 3.50. The highest BCUT2D eigenvalue weighted by Gasteiger charge is 2.25. The summed E-state index contributed by atoms with van der Waals surface area (Å²) in [5.41, 5.74) is 0.926. The Bertz CT molecular complexity index is 1140. The van der Waals surface area contributed by atoms with E-state index in [-0.39, 0.29) is 28.9 Å². The van der Waals surface area contributed by atoms with Gasteiger partial charge in [0.25, 0.3) is 0 Å². The number of hydrogen-bond acceptors (Lipinski definition) is 11. The largest absolute Gasteiger partial charge is 0.437 e. The molecule has 5 N–H and O–H groups in total. The summed E-state index contributed by atoms with van der Waals surface area (Å²) < 4.78 is 0. The quantitative estimate of drug-likeness (QED) is 0.267. The van der Waals surface area contributed by atoms with Gasteiger partial charge >= 0.3 is 14.1 Å². The molecule has 2 aliphatic rings. The minimum Gasteiger partial charge on any atom is -0.437 e. The third kappa shape index (κ3) is 15.3. The van der Waals surface area contributed by atoms with Crippen LogP contribution in [0.15, 0.2) is 31.1 Å². The fraction of sp³-hybridized carbons (Fsp3) is 0.613. The molecule has 2 saturated heterocycles. The van der Waals surface area contributed by atoms with E-state index in [1.807, 2.05) is 15.7 Å². The fourth-order valence-corrected chi connectivity index (χ4v) is 4.96. The Morgan fingerprint density at radius 2 is 1.20 bits per heavy atom. The zero-order chi connectivity index (χ0) is 32.3. The second kappa shape index (κ2) is 21.8. The SMILES string of the molecule is C.C.C.C=Cc1cnc(N2CCN(B(C)O)CC2)c(Cl)c1.CB(O)N1CCN(c2ncc([C@H](O)CO)cc2Cl)CC1.CC(C)(C)O. The number of aliphatic hydroxyl groups excluding tert-OH is 2. The van der Waals surface area contributed by atoms with Gasteiger partial charge in [0.15, 0.2) is 0 Å². The lowest BCUT2D eigenvalue weighted by Crippen LogP contribution is -2.51. The second-order valence-electron chi connectivity index (χ2n) is 11.5. The number of anilines is 2. The van der Waals surface area contributed by atoms with Crippen molar-refractivity contribution in [3.63, 3.8) is 0 Å². The van der Waals surface area contributed by atoms with Gasteiger partial charge in [0.2, 0.25) is 0 Å². The van der Waals surface area contributed by atoms with Crippen molar-refractivity contribution in [3.8, 4) is 0 Å². The number of halogens is 2. The number of nitrogens with zero attached hydrogens (tertiary/aromatic N) is 6. The molecule has 4 heterocycles. The molecule has 4 rings (SSSR count). The summed E-state index contributed by atoms with van der Waals surface area (Å²) in [7, 11) is -0.832. The zero-order valence-electron chi connectivity index (χ0n) is 25.9. The summed E-state index contributed by atoms with van der Waals surface area (Å²) in [5, 5.41) is 47.1. The van der Waals surface area contributed by atoms with Crippen LogP contribution in [0.2, 0.25) is 23.7 Å². The monoisotopic (exact) mass is 686 g/mol. The van der Waals surface area contributed by atoms with Crippen LogP contribution < -0.4 is 9.80 Å². The molecule has 0 saturated carbocycles. The molecule has 0 spiro atoms. The lowest BCUT2D eigenvalue weighted by atomic mass is 9.84. The Morgan fingerprint density at radius 1 is 0.826 bits per heavy atom. The predicted molar refractivity (Wildman–Crippen MR) is 198 cm³/mol. The van der Waals surface area contributed by atoms with Crippen molar-refractivity contribution >= 4 is 55.0 Å². The van der Waals surface area contributed by atoms with E-state index < -0.39 is 25.8 Å². The van der Waals surface area contributed by atoms with Gasteiger partial charge in [-0.3, -0.25) is 0 Å². The number of rotatable bonds is 7. The molecule has 0 bridgehead atoms. The van der Waals surface area contributed by atoms with E-state index in [1.54, 1.807) is 52.8 Å². The van der Waals surface area contributed by atoms with Crippen LogP contribution in [0.4, 0.5) is 11.6 Å². The molecule has 2 aliphatic heterocycles. The molecule has 2 aromatic heterocycles. The molecule has 0 unspecified atom stereocenters. The second-order valence-corrected chi connectivity index (χ2v) is 12.3. The summed E-state index contributed by atoms with van der Waals surface area (Å²) in [5.74, 6) is 1.48. The molecule has 1 atom stereocenters. The summed E-state index contributed by atoms with van der Waals surface area (Å²) in [4.78, 5) is 16.9. The number of piperazine rings is 2. The molecule has 0 amide bonds. The molecule has 0 aromatic carbocycles. The van der Waals surface area contributed by atoms with Crippen LogP contribution >= 0.6 is 23.2 Å². The van der Waals surface area contributed by atoms with Gasteiger partial charge in [0, 0.05) is 70.3 Å². The lowest BCUT2D eigenvalue weighted by molar-refractivity contribution is 0.0953. The van der Waals surface area contributed by atoms with Crippen molar-refractivity contribution in [1.82, 2.24) is 19.6 Å². The normalized spacial score (nSPS) is 15.7. The number of aromatic nitrogens is 2. The maximum Gasteiger partial charge on any atom is 0.376 e. The minimum absolute atomic E-state index is 0. The van der Waals surface area contributed by atoms with Crippen molar-refractivity contribution < 1.29 is 25.4 Å². The van der Waals surface area contributed by atoms with Crippen LogP contribution in [-0.2, 0) is 0 Å². The van der Waals surface area contributed by atoms with Crippen molar-refractivity contribution in [2.45, 2.75) is 68.4 Å². The average Bonchev–Trinajstić information content (AvgIpc) is 2.96. The number of hydrogen-bond donors (Lipinski definition) is 5. The maximum absolute atomic E-state index is 9.55. The molecule has 2 fully saturated rings. The standard InChI is InChI=1S/C12H19BClN3O3.C12H17BClN3O.C4H10O.3CH4/c1-13(20)17-4-2-16(3-5-17)12-10(14)6-9(7-15-12)11(19)8-18;1-3-10-8-11(14)12(15-9-10)16-4-6-17(7-5-16)13(2)18;1-4(2,3)5;;;/h6-7,11,18-20H,2-5,8H2,1H3;3,8-9,18H,1,4-7H2,2H3;5H,1-3H3;3*1H4/t11-;;;;;/m1...../s1. The van der Waals surface area contributed by atoms with E-state index in [0.717, 1.165) is 63.7 Å². The zero-order valence-corrected chi connectivity index (χ0v) is 27.4. The van der Waals surface area contributed by atoms with E-state index in [4.69, 9.17) is 33.4 Å². The van der Waals surface area contributed by atoms with Crippen LogP contribution in [0.25, 0.3) is 6.08 Å². The van der Waals surface area contributed by atoms with Crippen molar-refractivity contribution in [1.29, 1.82) is 0 Å². The first kappa shape index (κ1) is 46.2. The average molecular weight is 687 g/mol. The first-order chi connectivity index (χ1) is 20.1. The summed E-state index contributed by atoms with van der Waals surface area (Å²) >= 11 is 12.4. The first-order valence-electron chi connectivity index (χ1n) is 14.4. The molecular weight excluding hydrogens is 629 g/mol. The maximum atomic E-state index is 9.55. The molecular formula is C31H58B2Cl2N6O5. The molecule has 0 radical (unpaired) electrons. The van der Waals surface area contributed by atoms with Crippen LogP contribution in [0.3, 0.4) is 0 Å². The smallest absolute Gasteiger partial charge is 0.376 e. The van der Waals surface area contributed by atoms with Crippen molar-refractivity contribution in [2.24, 2.45) is 0 Å². The minimum atomic E-state index is -0.957. The van der Waals surface area contributed by atoms with Gasteiger partial charge in [0.1, 0.15) is 17.7 Å². The van der Waals surface area contributed by atoms with E-state index in [2.05, 4.69) is 26.3 Å². The third-order valence-electron chi connectivity index (χ3n) is 6.76. The van der Waals surface area contributed by atoms with E-state index in [9.17, 15) is 15.2 Å². The van der Waals surface area contributed by atoms with Crippen molar-refractivity contribution in [2.75, 3.05) is 68.8 Å². The van der Waals surface area contributed by atoms with Crippen LogP contribution in [0, 0.1) is 0 Å².